The number of nitrogens with one attached hydrogen (secondary N) is 1. The van der Waals surface area contributed by atoms with Crippen molar-refractivity contribution in [1.29, 1.82) is 0 Å². The van der Waals surface area contributed by atoms with E-state index in [1.54, 1.807) is 16.2 Å². The van der Waals surface area contributed by atoms with E-state index in [1.807, 2.05) is 17.5 Å². The van der Waals surface area contributed by atoms with Crippen molar-refractivity contribution in [3.63, 3.8) is 0 Å². The first kappa shape index (κ1) is 20.7. The summed E-state index contributed by atoms with van der Waals surface area (Å²) in [6.07, 6.45) is 0. The average Bonchev–Trinajstić information content (AvgIpc) is 3.46. The lowest BCUT2D eigenvalue weighted by atomic mass is 10.3. The molecule has 0 bridgehead atoms. The van der Waals surface area contributed by atoms with E-state index in [1.165, 1.54) is 46.2 Å². The largest absolute Gasteiger partial charge is 0.322 e. The zero-order chi connectivity index (χ0) is 22.1. The van der Waals surface area contributed by atoms with Crippen molar-refractivity contribution in [1.82, 2.24) is 24.4 Å². The van der Waals surface area contributed by atoms with E-state index in [4.69, 9.17) is 0 Å². The third kappa shape index (κ3) is 4.40. The van der Waals surface area contributed by atoms with Crippen LogP contribution >= 0.6 is 22.7 Å². The Morgan fingerprint density at radius 3 is 2.62 bits per heavy atom. The number of nitrogens with zero attached hydrogens (tertiary/aromatic N) is 5. The summed E-state index contributed by atoms with van der Waals surface area (Å²) in [6, 6.07) is 10.9. The molecule has 1 saturated heterocycles. The van der Waals surface area contributed by atoms with Crippen LogP contribution in [0.15, 0.2) is 52.6 Å². The van der Waals surface area contributed by atoms with Gasteiger partial charge in [-0.1, -0.05) is 17.4 Å². The van der Waals surface area contributed by atoms with Crippen molar-refractivity contribution in [3.05, 3.63) is 69.7 Å². The number of amides is 2. The number of hydrogen-bond donors (Lipinski definition) is 1. The number of hydrogen-bond acceptors (Lipinski definition) is 7. The number of thiophene rings is 1. The molecular weight excluding hydrogens is 451 g/mol. The van der Waals surface area contributed by atoms with Gasteiger partial charge in [-0.15, -0.1) is 11.3 Å². The van der Waals surface area contributed by atoms with Gasteiger partial charge in [0.1, 0.15) is 5.82 Å². The van der Waals surface area contributed by atoms with Crippen LogP contribution in [0.5, 0.6) is 0 Å². The lowest BCUT2D eigenvalue weighted by Crippen LogP contribution is -2.49. The fourth-order valence-electron chi connectivity index (χ4n) is 3.51. The van der Waals surface area contributed by atoms with Crippen LogP contribution in [0.25, 0.3) is 14.8 Å². The smallest absolute Gasteiger partial charge is 0.321 e. The van der Waals surface area contributed by atoms with Crippen LogP contribution in [0.4, 0.5) is 14.9 Å². The minimum atomic E-state index is -0.343. The number of urea groups is 1. The van der Waals surface area contributed by atoms with E-state index >= 15 is 0 Å². The summed E-state index contributed by atoms with van der Waals surface area (Å²) >= 11 is 2.98. The number of fused-ring (bicyclic) bond motifs is 1. The molecule has 5 rings (SSSR count). The summed E-state index contributed by atoms with van der Waals surface area (Å²) in [4.78, 5) is 35.1. The molecule has 0 radical (unpaired) electrons. The summed E-state index contributed by atoms with van der Waals surface area (Å²) in [5.41, 5.74) is 1.06. The molecule has 0 saturated carbocycles. The Morgan fingerprint density at radius 2 is 1.91 bits per heavy atom. The molecule has 1 aliphatic heterocycles. The molecule has 8 nitrogen and oxygen atoms in total. The molecule has 2 amide bonds. The first-order valence-corrected chi connectivity index (χ1v) is 11.7. The van der Waals surface area contributed by atoms with E-state index < -0.39 is 0 Å². The standard InChI is InChI=1S/C21H19FN6O2S2/c22-14-3-5-15(6-4-14)23-20(30)27-9-7-26(8-10-27)13-16-12-18(29)28-21(24-16)32-19(25-28)17-2-1-11-31-17/h1-6,11-12H,7-10,13H2,(H,23,30). The Kier molecular flexibility index (Phi) is 5.68. The van der Waals surface area contributed by atoms with Crippen molar-refractivity contribution in [2.45, 2.75) is 6.54 Å². The van der Waals surface area contributed by atoms with Crippen LogP contribution in [0.2, 0.25) is 0 Å². The van der Waals surface area contributed by atoms with Gasteiger partial charge in [0.2, 0.25) is 4.96 Å². The molecule has 32 heavy (non-hydrogen) atoms. The molecule has 0 aliphatic carbocycles. The lowest BCUT2D eigenvalue weighted by Gasteiger charge is -2.34. The van der Waals surface area contributed by atoms with E-state index in [0.29, 0.717) is 49.1 Å². The second-order valence-electron chi connectivity index (χ2n) is 7.36. The second-order valence-corrected chi connectivity index (χ2v) is 9.27. The number of anilines is 1. The Labute approximate surface area is 190 Å². The van der Waals surface area contributed by atoms with Gasteiger partial charge in [0.05, 0.1) is 10.6 Å². The monoisotopic (exact) mass is 470 g/mol. The Morgan fingerprint density at radius 1 is 1.12 bits per heavy atom. The molecule has 1 aliphatic rings. The highest BCUT2D eigenvalue weighted by molar-refractivity contribution is 7.23. The molecule has 11 heteroatoms. The van der Waals surface area contributed by atoms with Crippen molar-refractivity contribution in [3.8, 4) is 9.88 Å². The number of rotatable bonds is 4. The van der Waals surface area contributed by atoms with Gasteiger partial charge in [0, 0.05) is 44.5 Å². The van der Waals surface area contributed by atoms with E-state index in [0.717, 1.165) is 9.88 Å². The minimum Gasteiger partial charge on any atom is -0.322 e. The molecule has 0 spiro atoms. The van der Waals surface area contributed by atoms with Gasteiger partial charge < -0.3 is 10.2 Å². The molecule has 1 aromatic carbocycles. The second kappa shape index (κ2) is 8.77. The highest BCUT2D eigenvalue weighted by atomic mass is 32.1. The van der Waals surface area contributed by atoms with Gasteiger partial charge >= 0.3 is 6.03 Å². The molecule has 1 N–H and O–H groups in total. The summed E-state index contributed by atoms with van der Waals surface area (Å²) in [5.74, 6) is -0.343. The van der Waals surface area contributed by atoms with Crippen LogP contribution in [-0.2, 0) is 6.54 Å². The predicted octanol–water partition coefficient (Wildman–Crippen LogP) is 3.37. The van der Waals surface area contributed by atoms with Crippen molar-refractivity contribution >= 4 is 39.4 Å². The third-order valence-electron chi connectivity index (χ3n) is 5.17. The van der Waals surface area contributed by atoms with E-state index in [-0.39, 0.29) is 17.4 Å². The normalized spacial score (nSPS) is 14.7. The van der Waals surface area contributed by atoms with Gasteiger partial charge in [0.25, 0.3) is 5.56 Å². The first-order valence-electron chi connectivity index (χ1n) is 10.0. The number of piperazine rings is 1. The molecule has 0 unspecified atom stereocenters. The first-order chi connectivity index (χ1) is 15.5. The lowest BCUT2D eigenvalue weighted by molar-refractivity contribution is 0.142. The summed E-state index contributed by atoms with van der Waals surface area (Å²) in [6.45, 7) is 2.97. The maximum atomic E-state index is 13.0. The molecular formula is C21H19FN6O2S2. The van der Waals surface area contributed by atoms with E-state index in [2.05, 4.69) is 20.3 Å². The highest BCUT2D eigenvalue weighted by Gasteiger charge is 2.22. The number of carbonyl (C=O) groups is 1. The quantitative estimate of drug-likeness (QED) is 0.495. The van der Waals surface area contributed by atoms with Crippen LogP contribution in [-0.4, -0.2) is 56.6 Å². The summed E-state index contributed by atoms with van der Waals surface area (Å²) in [7, 11) is 0. The minimum absolute atomic E-state index is 0.193. The van der Waals surface area contributed by atoms with Crippen LogP contribution in [0.3, 0.4) is 0 Å². The Bertz CT molecular complexity index is 1290. The average molecular weight is 471 g/mol. The molecule has 3 aromatic heterocycles. The fourth-order valence-corrected chi connectivity index (χ4v) is 5.23. The number of halogens is 1. The van der Waals surface area contributed by atoms with Crippen molar-refractivity contribution in [2.75, 3.05) is 31.5 Å². The molecule has 0 atom stereocenters. The van der Waals surface area contributed by atoms with Crippen molar-refractivity contribution in [2.24, 2.45) is 0 Å². The van der Waals surface area contributed by atoms with Crippen LogP contribution in [0, 0.1) is 5.82 Å². The topological polar surface area (TPSA) is 82.8 Å². The molecule has 4 heterocycles. The van der Waals surface area contributed by atoms with Crippen LogP contribution < -0.4 is 10.9 Å². The molecule has 1 fully saturated rings. The summed E-state index contributed by atoms with van der Waals surface area (Å²) < 4.78 is 14.4. The van der Waals surface area contributed by atoms with Gasteiger partial charge in [-0.25, -0.2) is 14.2 Å². The van der Waals surface area contributed by atoms with Crippen molar-refractivity contribution < 1.29 is 9.18 Å². The maximum Gasteiger partial charge on any atom is 0.321 e. The van der Waals surface area contributed by atoms with Crippen LogP contribution in [0.1, 0.15) is 5.69 Å². The molecule has 4 aromatic rings. The predicted molar refractivity (Wildman–Crippen MR) is 123 cm³/mol. The Hall–Kier alpha value is -3.15. The zero-order valence-corrected chi connectivity index (χ0v) is 18.5. The summed E-state index contributed by atoms with van der Waals surface area (Å²) in [5, 5.41) is 9.94. The van der Waals surface area contributed by atoms with Gasteiger partial charge in [-0.05, 0) is 35.7 Å². The SMILES string of the molecule is O=C(Nc1ccc(F)cc1)N1CCN(Cc2cc(=O)n3nc(-c4cccs4)sc3n2)CC1. The fraction of sp³-hybridized carbons (Fsp3) is 0.238. The van der Waals surface area contributed by atoms with E-state index in [9.17, 15) is 14.0 Å². The number of aromatic nitrogens is 3. The number of carbonyl (C=O) groups excluding carboxylic acids is 1. The zero-order valence-electron chi connectivity index (χ0n) is 16.9. The maximum absolute atomic E-state index is 13.0. The Balaban J connectivity index is 1.21. The third-order valence-corrected chi connectivity index (χ3v) is 7.12. The van der Waals surface area contributed by atoms with Gasteiger partial charge in [-0.2, -0.15) is 9.61 Å². The number of benzene rings is 1. The van der Waals surface area contributed by atoms with Gasteiger partial charge in [0.15, 0.2) is 5.01 Å². The highest BCUT2D eigenvalue weighted by Crippen LogP contribution is 2.28. The van der Waals surface area contributed by atoms with Gasteiger partial charge in [-0.3, -0.25) is 9.69 Å². The molecule has 164 valence electrons.